The molecule has 27 heavy (non-hydrogen) atoms. The third kappa shape index (κ3) is 3.08. The van der Waals surface area contributed by atoms with Gasteiger partial charge in [0.15, 0.2) is 5.96 Å². The van der Waals surface area contributed by atoms with E-state index in [-0.39, 0.29) is 24.0 Å². The molecule has 5 rings (SSSR count). The summed E-state index contributed by atoms with van der Waals surface area (Å²) in [7, 11) is 1.91. The summed E-state index contributed by atoms with van der Waals surface area (Å²) in [5.41, 5.74) is 0.386. The van der Waals surface area contributed by atoms with Gasteiger partial charge in [-0.05, 0) is 25.3 Å². The summed E-state index contributed by atoms with van der Waals surface area (Å²) in [6, 6.07) is 2.40. The molecule has 0 aromatic carbocycles. The molecule has 1 N–H and O–H groups in total. The van der Waals surface area contributed by atoms with E-state index in [4.69, 9.17) is 4.74 Å². The second kappa shape index (κ2) is 7.69. The van der Waals surface area contributed by atoms with Gasteiger partial charge in [0.2, 0.25) is 5.95 Å². The van der Waals surface area contributed by atoms with Gasteiger partial charge in [0, 0.05) is 69.6 Å². The van der Waals surface area contributed by atoms with Crippen LogP contribution in [-0.4, -0.2) is 72.8 Å². The summed E-state index contributed by atoms with van der Waals surface area (Å²) in [5.74, 6) is 2.56. The van der Waals surface area contributed by atoms with Gasteiger partial charge in [-0.2, -0.15) is 0 Å². The predicted octanol–water partition coefficient (Wildman–Crippen LogP) is 1.75. The smallest absolute Gasteiger partial charge is 0.225 e. The summed E-state index contributed by atoms with van der Waals surface area (Å²) in [5, 5.41) is 3.84. The molecular formula is C19H29IN6O. The Hall–Kier alpha value is -1.16. The molecule has 4 aliphatic rings. The maximum atomic E-state index is 6.05. The summed E-state index contributed by atoms with van der Waals surface area (Å²) in [4.78, 5) is 18.0. The van der Waals surface area contributed by atoms with Gasteiger partial charge in [-0.1, -0.05) is 6.42 Å². The molecular weight excluding hydrogens is 455 g/mol. The minimum Gasteiger partial charge on any atom is -0.377 e. The van der Waals surface area contributed by atoms with Crippen LogP contribution in [0.15, 0.2) is 23.5 Å². The van der Waals surface area contributed by atoms with E-state index in [0.29, 0.717) is 23.5 Å². The molecule has 3 atom stereocenters. The van der Waals surface area contributed by atoms with Crippen LogP contribution in [0.25, 0.3) is 0 Å². The number of aromatic nitrogens is 2. The van der Waals surface area contributed by atoms with Crippen LogP contribution < -0.4 is 10.2 Å². The Morgan fingerprint density at radius 3 is 2.59 bits per heavy atom. The third-order valence-corrected chi connectivity index (χ3v) is 6.95. The molecule has 2 aliphatic carbocycles. The Morgan fingerprint density at radius 1 is 1.22 bits per heavy atom. The standard InChI is InChI=1S/C19H28N6O.HI/c1-20-17(23-15-14-4-13-26-16(14)19(15)5-2-6-19)24-9-11-25(12-10-24)18-21-7-3-8-22-18;/h3,7-8,14-16H,2,4-6,9-13H2,1H3,(H,20,23);1H. The number of rotatable bonds is 2. The Balaban J connectivity index is 0.00000180. The van der Waals surface area contributed by atoms with Crippen LogP contribution in [0, 0.1) is 11.3 Å². The van der Waals surface area contributed by atoms with Gasteiger partial charge in [0.25, 0.3) is 0 Å². The molecule has 2 saturated carbocycles. The van der Waals surface area contributed by atoms with Gasteiger partial charge in [0.05, 0.1) is 6.10 Å². The van der Waals surface area contributed by atoms with Crippen molar-refractivity contribution in [2.24, 2.45) is 16.3 Å². The highest BCUT2D eigenvalue weighted by Crippen LogP contribution is 2.62. The Morgan fingerprint density at radius 2 is 1.96 bits per heavy atom. The fourth-order valence-corrected chi connectivity index (χ4v) is 5.47. The molecule has 2 aliphatic heterocycles. The van der Waals surface area contributed by atoms with Gasteiger partial charge >= 0.3 is 0 Å². The largest absolute Gasteiger partial charge is 0.377 e. The second-order valence-electron chi connectivity index (χ2n) is 8.02. The lowest BCUT2D eigenvalue weighted by atomic mass is 9.46. The zero-order chi connectivity index (χ0) is 17.6. The lowest BCUT2D eigenvalue weighted by molar-refractivity contribution is -0.171. The highest BCUT2D eigenvalue weighted by atomic mass is 127. The highest BCUT2D eigenvalue weighted by molar-refractivity contribution is 14.0. The Bertz CT molecular complexity index is 674. The molecule has 7 nitrogen and oxygen atoms in total. The maximum absolute atomic E-state index is 6.05. The van der Waals surface area contributed by atoms with E-state index < -0.39 is 0 Å². The van der Waals surface area contributed by atoms with E-state index in [2.05, 4.69) is 30.1 Å². The van der Waals surface area contributed by atoms with Crippen LogP contribution in [0.5, 0.6) is 0 Å². The number of piperazine rings is 1. The quantitative estimate of drug-likeness (QED) is 0.392. The first-order chi connectivity index (χ1) is 12.8. The Labute approximate surface area is 178 Å². The van der Waals surface area contributed by atoms with Crippen molar-refractivity contribution in [2.45, 2.75) is 37.8 Å². The molecule has 4 fully saturated rings. The monoisotopic (exact) mass is 484 g/mol. The minimum atomic E-state index is 0. The molecule has 2 saturated heterocycles. The number of anilines is 1. The lowest BCUT2D eigenvalue weighted by Crippen LogP contribution is -2.73. The van der Waals surface area contributed by atoms with E-state index in [1.54, 1.807) is 0 Å². The molecule has 1 aromatic rings. The molecule has 8 heteroatoms. The average molecular weight is 484 g/mol. The van der Waals surface area contributed by atoms with Crippen molar-refractivity contribution in [1.29, 1.82) is 0 Å². The van der Waals surface area contributed by atoms with Gasteiger partial charge in [-0.25, -0.2) is 9.97 Å². The summed E-state index contributed by atoms with van der Waals surface area (Å²) < 4.78 is 6.05. The van der Waals surface area contributed by atoms with Gasteiger partial charge in [0.1, 0.15) is 0 Å². The number of hydrogen-bond acceptors (Lipinski definition) is 5. The maximum Gasteiger partial charge on any atom is 0.225 e. The van der Waals surface area contributed by atoms with Crippen LogP contribution in [0.1, 0.15) is 25.7 Å². The van der Waals surface area contributed by atoms with Crippen molar-refractivity contribution in [2.75, 3.05) is 44.7 Å². The first kappa shape index (κ1) is 19.2. The van der Waals surface area contributed by atoms with E-state index in [0.717, 1.165) is 44.7 Å². The third-order valence-electron chi connectivity index (χ3n) is 6.95. The highest BCUT2D eigenvalue weighted by Gasteiger charge is 2.66. The van der Waals surface area contributed by atoms with Crippen molar-refractivity contribution in [1.82, 2.24) is 20.2 Å². The number of nitrogens with zero attached hydrogens (tertiary/aromatic N) is 5. The average Bonchev–Trinajstić information content (AvgIpc) is 3.07. The molecule has 1 spiro atoms. The van der Waals surface area contributed by atoms with Crippen molar-refractivity contribution < 1.29 is 4.74 Å². The fourth-order valence-electron chi connectivity index (χ4n) is 5.47. The molecule has 0 amide bonds. The van der Waals surface area contributed by atoms with Gasteiger partial charge in [-0.3, -0.25) is 4.99 Å². The van der Waals surface area contributed by atoms with E-state index >= 15 is 0 Å². The SMILES string of the molecule is CN=C(NC1C2CCOC2C12CCC2)N1CCN(c2ncccn2)CC1.I. The summed E-state index contributed by atoms with van der Waals surface area (Å²) in [6.45, 7) is 4.68. The zero-order valence-electron chi connectivity index (χ0n) is 15.9. The first-order valence-electron chi connectivity index (χ1n) is 9.94. The van der Waals surface area contributed by atoms with Crippen molar-refractivity contribution in [3.63, 3.8) is 0 Å². The van der Waals surface area contributed by atoms with Crippen LogP contribution in [-0.2, 0) is 4.74 Å². The Kier molecular flexibility index (Phi) is 5.46. The number of aliphatic imine (C=N–C) groups is 1. The van der Waals surface area contributed by atoms with Crippen molar-refractivity contribution in [3.05, 3.63) is 18.5 Å². The minimum absolute atomic E-state index is 0. The number of ether oxygens (including phenoxy) is 1. The van der Waals surface area contributed by atoms with E-state index in [1.165, 1.54) is 25.7 Å². The number of halogens is 1. The molecule has 148 valence electrons. The van der Waals surface area contributed by atoms with Crippen molar-refractivity contribution >= 4 is 35.9 Å². The number of guanidine groups is 1. The number of hydrogen-bond donors (Lipinski definition) is 1. The zero-order valence-corrected chi connectivity index (χ0v) is 18.2. The van der Waals surface area contributed by atoms with Crippen LogP contribution in [0.3, 0.4) is 0 Å². The number of fused-ring (bicyclic) bond motifs is 2. The topological polar surface area (TPSA) is 65.9 Å². The predicted molar refractivity (Wildman–Crippen MR) is 116 cm³/mol. The molecule has 3 unspecified atom stereocenters. The van der Waals surface area contributed by atoms with Crippen LogP contribution >= 0.6 is 24.0 Å². The molecule has 0 radical (unpaired) electrons. The van der Waals surface area contributed by atoms with E-state index in [9.17, 15) is 0 Å². The van der Waals surface area contributed by atoms with E-state index in [1.807, 2.05) is 25.5 Å². The van der Waals surface area contributed by atoms with Gasteiger partial charge < -0.3 is 19.9 Å². The lowest BCUT2D eigenvalue weighted by Gasteiger charge is -2.63. The number of nitrogens with one attached hydrogen (secondary N) is 1. The fraction of sp³-hybridized carbons (Fsp3) is 0.737. The summed E-state index contributed by atoms with van der Waals surface area (Å²) >= 11 is 0. The van der Waals surface area contributed by atoms with Gasteiger partial charge in [-0.15, -0.1) is 24.0 Å². The van der Waals surface area contributed by atoms with Crippen LogP contribution in [0.2, 0.25) is 0 Å². The summed E-state index contributed by atoms with van der Waals surface area (Å²) in [6.07, 6.45) is 9.27. The second-order valence-corrected chi connectivity index (χ2v) is 8.02. The van der Waals surface area contributed by atoms with Crippen molar-refractivity contribution in [3.8, 4) is 0 Å². The molecule has 0 bridgehead atoms. The van der Waals surface area contributed by atoms with Crippen LogP contribution in [0.4, 0.5) is 5.95 Å². The molecule has 3 heterocycles. The molecule has 1 aromatic heterocycles. The first-order valence-corrected chi connectivity index (χ1v) is 9.94. The normalized spacial score (nSPS) is 31.6.